The summed E-state index contributed by atoms with van der Waals surface area (Å²) in [5, 5.41) is 5.80. The second-order valence-corrected chi connectivity index (χ2v) is 5.68. The summed E-state index contributed by atoms with van der Waals surface area (Å²) in [5.41, 5.74) is -1.00. The molecule has 8 heteroatoms. The molecule has 1 heterocycles. The summed E-state index contributed by atoms with van der Waals surface area (Å²) in [6.07, 6.45) is 0.504. The fourth-order valence-corrected chi connectivity index (χ4v) is 2.76. The van der Waals surface area contributed by atoms with Gasteiger partial charge in [-0.1, -0.05) is 30.9 Å². The summed E-state index contributed by atoms with van der Waals surface area (Å²) in [5.74, 6) is -0.335. The van der Waals surface area contributed by atoms with Crippen LogP contribution in [-0.2, 0) is 17.5 Å². The van der Waals surface area contributed by atoms with E-state index in [2.05, 4.69) is 10.4 Å². The summed E-state index contributed by atoms with van der Waals surface area (Å²) in [7, 11) is 0. The van der Waals surface area contributed by atoms with Crippen LogP contribution in [0.25, 0.3) is 0 Å². The predicted octanol–water partition coefficient (Wildman–Crippen LogP) is 3.31. The van der Waals surface area contributed by atoms with Crippen LogP contribution in [0.4, 0.5) is 13.2 Å². The number of aromatic nitrogens is 2. The van der Waals surface area contributed by atoms with Crippen molar-refractivity contribution in [2.45, 2.75) is 57.8 Å². The maximum atomic E-state index is 12.7. The van der Waals surface area contributed by atoms with Crippen LogP contribution in [0.5, 0.6) is 0 Å². The van der Waals surface area contributed by atoms with Crippen molar-refractivity contribution in [1.29, 1.82) is 0 Å². The number of alkyl halides is 3. The molecule has 1 aromatic rings. The molecule has 1 aromatic heterocycles. The van der Waals surface area contributed by atoms with Gasteiger partial charge < -0.3 is 5.32 Å². The highest BCUT2D eigenvalue weighted by Gasteiger charge is 2.38. The normalized spacial score (nSPS) is 17.0. The zero-order chi connectivity index (χ0) is 15.6. The number of carbonyl (C=O) groups is 1. The standard InChI is InChI=1S/C13H17ClF3N3O/c1-8-11(14)12(13(15,16)17)19-20(8)7-10(21)18-9-5-3-2-4-6-9/h9H,2-7H2,1H3,(H,18,21). The smallest absolute Gasteiger partial charge is 0.352 e. The van der Waals surface area contributed by atoms with Crippen LogP contribution in [0.1, 0.15) is 43.5 Å². The predicted molar refractivity (Wildman–Crippen MR) is 72.0 cm³/mol. The molecule has 0 bridgehead atoms. The maximum absolute atomic E-state index is 12.7. The van der Waals surface area contributed by atoms with Gasteiger partial charge in [-0.3, -0.25) is 9.48 Å². The van der Waals surface area contributed by atoms with Gasteiger partial charge >= 0.3 is 6.18 Å². The first-order valence-corrected chi connectivity index (χ1v) is 7.26. The van der Waals surface area contributed by atoms with E-state index < -0.39 is 16.9 Å². The lowest BCUT2D eigenvalue weighted by Gasteiger charge is -2.22. The van der Waals surface area contributed by atoms with Crippen molar-refractivity contribution < 1.29 is 18.0 Å². The van der Waals surface area contributed by atoms with Crippen molar-refractivity contribution in [1.82, 2.24) is 15.1 Å². The Bertz CT molecular complexity index is 521. The van der Waals surface area contributed by atoms with Crippen molar-refractivity contribution in [3.8, 4) is 0 Å². The van der Waals surface area contributed by atoms with E-state index in [1.165, 1.54) is 6.92 Å². The number of halogens is 4. The van der Waals surface area contributed by atoms with Gasteiger partial charge in [-0.05, 0) is 19.8 Å². The van der Waals surface area contributed by atoms with Crippen LogP contribution in [0.15, 0.2) is 0 Å². The molecule has 1 aliphatic rings. The van der Waals surface area contributed by atoms with Crippen LogP contribution in [0, 0.1) is 6.92 Å². The van der Waals surface area contributed by atoms with Crippen LogP contribution in [-0.4, -0.2) is 21.7 Å². The van der Waals surface area contributed by atoms with E-state index in [0.29, 0.717) is 0 Å². The lowest BCUT2D eigenvalue weighted by Crippen LogP contribution is -2.38. The molecule has 4 nitrogen and oxygen atoms in total. The molecule has 0 saturated heterocycles. The molecule has 1 fully saturated rings. The monoisotopic (exact) mass is 323 g/mol. The molecule has 118 valence electrons. The molecule has 0 radical (unpaired) electrons. The number of hydrogen-bond acceptors (Lipinski definition) is 2. The quantitative estimate of drug-likeness (QED) is 0.927. The van der Waals surface area contributed by atoms with E-state index in [-0.39, 0.29) is 24.2 Å². The Kier molecular flexibility index (Phi) is 4.81. The van der Waals surface area contributed by atoms with Crippen molar-refractivity contribution in [2.24, 2.45) is 0 Å². The zero-order valence-electron chi connectivity index (χ0n) is 11.6. The van der Waals surface area contributed by atoms with Crippen molar-refractivity contribution in [3.63, 3.8) is 0 Å². The third kappa shape index (κ3) is 3.90. The van der Waals surface area contributed by atoms with Gasteiger partial charge in [0.05, 0.1) is 10.7 Å². The number of nitrogens with one attached hydrogen (secondary N) is 1. The summed E-state index contributed by atoms with van der Waals surface area (Å²) >= 11 is 5.64. The lowest BCUT2D eigenvalue weighted by molar-refractivity contribution is -0.141. The van der Waals surface area contributed by atoms with Gasteiger partial charge in [0.1, 0.15) is 6.54 Å². The third-order valence-corrected chi connectivity index (χ3v) is 4.12. The number of hydrogen-bond donors (Lipinski definition) is 1. The molecule has 0 spiro atoms. The SMILES string of the molecule is Cc1c(Cl)c(C(F)(F)F)nn1CC(=O)NC1CCCCC1. The first-order valence-electron chi connectivity index (χ1n) is 6.88. The van der Waals surface area contributed by atoms with Gasteiger partial charge in [-0.2, -0.15) is 18.3 Å². The van der Waals surface area contributed by atoms with Crippen LogP contribution in [0.2, 0.25) is 5.02 Å². The van der Waals surface area contributed by atoms with Gasteiger partial charge in [0.15, 0.2) is 5.69 Å². The Labute approximate surface area is 125 Å². The second kappa shape index (κ2) is 6.25. The minimum absolute atomic E-state index is 0.111. The second-order valence-electron chi connectivity index (χ2n) is 5.31. The molecule has 1 N–H and O–H groups in total. The highest BCUT2D eigenvalue weighted by molar-refractivity contribution is 6.32. The molecular weight excluding hydrogens is 307 g/mol. The Morgan fingerprint density at radius 3 is 2.52 bits per heavy atom. The Morgan fingerprint density at radius 1 is 1.38 bits per heavy atom. The van der Waals surface area contributed by atoms with Crippen LogP contribution in [0.3, 0.4) is 0 Å². The summed E-state index contributed by atoms with van der Waals surface area (Å²) in [4.78, 5) is 11.9. The van der Waals surface area contributed by atoms with Gasteiger partial charge in [0, 0.05) is 6.04 Å². The van der Waals surface area contributed by atoms with E-state index in [4.69, 9.17) is 11.6 Å². The van der Waals surface area contributed by atoms with E-state index in [1.54, 1.807) is 0 Å². The number of nitrogens with zero attached hydrogens (tertiary/aromatic N) is 2. The molecule has 1 aliphatic carbocycles. The highest BCUT2D eigenvalue weighted by Crippen LogP contribution is 2.35. The first-order chi connectivity index (χ1) is 9.79. The Morgan fingerprint density at radius 2 is 2.00 bits per heavy atom. The number of carbonyl (C=O) groups excluding carboxylic acids is 1. The molecule has 0 aromatic carbocycles. The molecule has 21 heavy (non-hydrogen) atoms. The van der Waals surface area contributed by atoms with E-state index in [1.807, 2.05) is 0 Å². The average Bonchev–Trinajstić information content (AvgIpc) is 2.68. The maximum Gasteiger partial charge on any atom is 0.436 e. The summed E-state index contributed by atoms with van der Waals surface area (Å²) in [6, 6.07) is 0.111. The lowest BCUT2D eigenvalue weighted by atomic mass is 9.95. The van der Waals surface area contributed by atoms with Gasteiger partial charge in [-0.15, -0.1) is 0 Å². The van der Waals surface area contributed by atoms with Crippen LogP contribution >= 0.6 is 11.6 Å². The number of amides is 1. The molecule has 1 amide bonds. The summed E-state index contributed by atoms with van der Waals surface area (Å²) < 4.78 is 39.1. The van der Waals surface area contributed by atoms with Gasteiger partial charge in [0.2, 0.25) is 5.91 Å². The van der Waals surface area contributed by atoms with E-state index in [0.717, 1.165) is 36.8 Å². The largest absolute Gasteiger partial charge is 0.436 e. The number of rotatable bonds is 3. The van der Waals surface area contributed by atoms with Crippen molar-refractivity contribution in [2.75, 3.05) is 0 Å². The molecule has 0 unspecified atom stereocenters. The van der Waals surface area contributed by atoms with Crippen LogP contribution < -0.4 is 5.32 Å². The third-order valence-electron chi connectivity index (χ3n) is 3.67. The highest BCUT2D eigenvalue weighted by atomic mass is 35.5. The molecule has 0 atom stereocenters. The van der Waals surface area contributed by atoms with E-state index in [9.17, 15) is 18.0 Å². The van der Waals surface area contributed by atoms with Gasteiger partial charge in [-0.25, -0.2) is 0 Å². The van der Waals surface area contributed by atoms with Crippen molar-refractivity contribution in [3.05, 3.63) is 16.4 Å². The zero-order valence-corrected chi connectivity index (χ0v) is 12.4. The fraction of sp³-hybridized carbons (Fsp3) is 0.692. The topological polar surface area (TPSA) is 46.9 Å². The molecular formula is C13H17ClF3N3O. The Balaban J connectivity index is 2.04. The minimum atomic E-state index is -4.62. The Hall–Kier alpha value is -1.24. The molecule has 2 rings (SSSR count). The van der Waals surface area contributed by atoms with Gasteiger partial charge in [0.25, 0.3) is 0 Å². The van der Waals surface area contributed by atoms with Crippen molar-refractivity contribution >= 4 is 17.5 Å². The molecule has 0 aliphatic heterocycles. The van der Waals surface area contributed by atoms with E-state index >= 15 is 0 Å². The first kappa shape index (κ1) is 16.1. The molecule has 1 saturated carbocycles. The summed E-state index contributed by atoms with van der Waals surface area (Å²) in [6.45, 7) is 1.16. The fourth-order valence-electron chi connectivity index (χ4n) is 2.52. The minimum Gasteiger partial charge on any atom is -0.352 e. The average molecular weight is 324 g/mol.